The van der Waals surface area contributed by atoms with Crippen LogP contribution in [-0.4, -0.2) is 26.2 Å². The first-order valence-corrected chi connectivity index (χ1v) is 8.66. The molecular weight excluding hydrogens is 290 g/mol. The third-order valence-corrected chi connectivity index (χ3v) is 4.84. The molecule has 1 fully saturated rings. The second-order valence-corrected chi connectivity index (χ2v) is 6.41. The molecule has 1 aliphatic carbocycles. The van der Waals surface area contributed by atoms with E-state index >= 15 is 0 Å². The fourth-order valence-electron chi connectivity index (χ4n) is 3.28. The summed E-state index contributed by atoms with van der Waals surface area (Å²) in [7, 11) is 3.27. The standard InChI is InChI=1S/C19H29NO3/c1-4-14-5-8-16(9-6-14)20-19(21)10-7-15-11-17(22-2)13-18(12-15)23-3/h11-14,16H,4-10H2,1-3H3,(H,20,21). The molecule has 0 aliphatic heterocycles. The lowest BCUT2D eigenvalue weighted by molar-refractivity contribution is -0.122. The van der Waals surface area contributed by atoms with Crippen LogP contribution in [0.3, 0.4) is 0 Å². The first-order valence-electron chi connectivity index (χ1n) is 8.66. The smallest absolute Gasteiger partial charge is 0.220 e. The van der Waals surface area contributed by atoms with Gasteiger partial charge in [-0.05, 0) is 55.7 Å². The lowest BCUT2D eigenvalue weighted by Gasteiger charge is -2.28. The molecule has 0 radical (unpaired) electrons. The first-order chi connectivity index (χ1) is 11.1. The van der Waals surface area contributed by atoms with Crippen LogP contribution < -0.4 is 14.8 Å². The SMILES string of the molecule is CCC1CCC(NC(=O)CCc2cc(OC)cc(OC)c2)CC1. The van der Waals surface area contributed by atoms with Crippen molar-refractivity contribution >= 4 is 5.91 Å². The van der Waals surface area contributed by atoms with Crippen LogP contribution in [0.4, 0.5) is 0 Å². The molecule has 0 aromatic heterocycles. The Kier molecular flexibility index (Phi) is 6.75. The minimum Gasteiger partial charge on any atom is -0.497 e. The fourth-order valence-corrected chi connectivity index (χ4v) is 3.28. The van der Waals surface area contributed by atoms with E-state index in [1.165, 1.54) is 19.3 Å². The Balaban J connectivity index is 1.80. The van der Waals surface area contributed by atoms with Crippen LogP contribution in [0.25, 0.3) is 0 Å². The molecule has 1 aliphatic rings. The normalized spacial score (nSPS) is 20.8. The second-order valence-electron chi connectivity index (χ2n) is 6.41. The Morgan fingerprint density at radius 3 is 2.22 bits per heavy atom. The highest BCUT2D eigenvalue weighted by Crippen LogP contribution is 2.27. The second kappa shape index (κ2) is 8.80. The molecule has 1 aromatic rings. The molecule has 1 amide bonds. The number of nitrogens with one attached hydrogen (secondary N) is 1. The summed E-state index contributed by atoms with van der Waals surface area (Å²) in [6.07, 6.45) is 7.20. The van der Waals surface area contributed by atoms with Gasteiger partial charge >= 0.3 is 0 Å². The number of rotatable bonds is 7. The Bertz CT molecular complexity index is 485. The summed E-state index contributed by atoms with van der Waals surface area (Å²) in [5, 5.41) is 3.19. The third-order valence-electron chi connectivity index (χ3n) is 4.84. The van der Waals surface area contributed by atoms with E-state index < -0.39 is 0 Å². The summed E-state index contributed by atoms with van der Waals surface area (Å²) in [6.45, 7) is 2.26. The van der Waals surface area contributed by atoms with Gasteiger partial charge in [-0.25, -0.2) is 0 Å². The maximum atomic E-state index is 12.2. The molecule has 1 aromatic carbocycles. The topological polar surface area (TPSA) is 47.6 Å². The molecule has 0 atom stereocenters. The summed E-state index contributed by atoms with van der Waals surface area (Å²) >= 11 is 0. The Morgan fingerprint density at radius 1 is 1.09 bits per heavy atom. The highest BCUT2D eigenvalue weighted by Gasteiger charge is 2.21. The van der Waals surface area contributed by atoms with Crippen LogP contribution in [0, 0.1) is 5.92 Å². The van der Waals surface area contributed by atoms with E-state index in [-0.39, 0.29) is 5.91 Å². The van der Waals surface area contributed by atoms with Gasteiger partial charge in [0, 0.05) is 18.5 Å². The fraction of sp³-hybridized carbons (Fsp3) is 0.632. The summed E-state index contributed by atoms with van der Waals surface area (Å²) in [5.74, 6) is 2.52. The molecule has 0 bridgehead atoms. The predicted octanol–water partition coefficient (Wildman–Crippen LogP) is 3.72. The largest absolute Gasteiger partial charge is 0.497 e. The first kappa shape index (κ1) is 17.6. The van der Waals surface area contributed by atoms with Crippen LogP contribution in [0.5, 0.6) is 11.5 Å². The van der Waals surface area contributed by atoms with E-state index in [1.807, 2.05) is 18.2 Å². The molecule has 4 heteroatoms. The van der Waals surface area contributed by atoms with E-state index in [9.17, 15) is 4.79 Å². The average molecular weight is 319 g/mol. The summed E-state index contributed by atoms with van der Waals surface area (Å²) in [6, 6.07) is 6.13. The van der Waals surface area contributed by atoms with Gasteiger partial charge in [0.15, 0.2) is 0 Å². The van der Waals surface area contributed by atoms with Gasteiger partial charge < -0.3 is 14.8 Å². The molecule has 0 heterocycles. The molecule has 4 nitrogen and oxygen atoms in total. The molecular formula is C19H29NO3. The van der Waals surface area contributed by atoms with Gasteiger partial charge in [-0.2, -0.15) is 0 Å². The molecule has 23 heavy (non-hydrogen) atoms. The zero-order chi connectivity index (χ0) is 16.7. The van der Waals surface area contributed by atoms with Crippen LogP contribution in [0.2, 0.25) is 0 Å². The number of aryl methyl sites for hydroxylation is 1. The predicted molar refractivity (Wildman–Crippen MR) is 92.0 cm³/mol. The van der Waals surface area contributed by atoms with E-state index in [4.69, 9.17) is 9.47 Å². The van der Waals surface area contributed by atoms with Crippen molar-refractivity contribution in [1.82, 2.24) is 5.32 Å². The Hall–Kier alpha value is -1.71. The zero-order valence-corrected chi connectivity index (χ0v) is 14.6. The van der Waals surface area contributed by atoms with Gasteiger partial charge in [0.2, 0.25) is 5.91 Å². The highest BCUT2D eigenvalue weighted by molar-refractivity contribution is 5.76. The molecule has 1 N–H and O–H groups in total. The minimum absolute atomic E-state index is 0.145. The number of ether oxygens (including phenoxy) is 2. The zero-order valence-electron chi connectivity index (χ0n) is 14.6. The average Bonchev–Trinajstić information content (AvgIpc) is 2.60. The van der Waals surface area contributed by atoms with Gasteiger partial charge in [-0.15, -0.1) is 0 Å². The van der Waals surface area contributed by atoms with Crippen molar-refractivity contribution < 1.29 is 14.3 Å². The lowest BCUT2D eigenvalue weighted by atomic mass is 9.84. The van der Waals surface area contributed by atoms with Crippen LogP contribution in [0.1, 0.15) is 51.0 Å². The number of methoxy groups -OCH3 is 2. The van der Waals surface area contributed by atoms with Gasteiger partial charge in [0.05, 0.1) is 14.2 Å². The number of carbonyl (C=O) groups is 1. The van der Waals surface area contributed by atoms with Crippen LogP contribution in [0.15, 0.2) is 18.2 Å². The number of carbonyl (C=O) groups excluding carboxylic acids is 1. The van der Waals surface area contributed by atoms with Crippen molar-refractivity contribution in [3.63, 3.8) is 0 Å². The molecule has 128 valence electrons. The van der Waals surface area contributed by atoms with Crippen molar-refractivity contribution in [2.45, 2.75) is 57.9 Å². The summed E-state index contributed by atoms with van der Waals surface area (Å²) in [4.78, 5) is 12.2. The Morgan fingerprint density at radius 2 is 1.70 bits per heavy atom. The van der Waals surface area contributed by atoms with Crippen molar-refractivity contribution in [2.75, 3.05) is 14.2 Å². The number of amides is 1. The molecule has 0 spiro atoms. The number of hydrogen-bond acceptors (Lipinski definition) is 3. The number of hydrogen-bond donors (Lipinski definition) is 1. The van der Waals surface area contributed by atoms with Crippen LogP contribution >= 0.6 is 0 Å². The minimum atomic E-state index is 0.145. The van der Waals surface area contributed by atoms with Gasteiger partial charge in [0.25, 0.3) is 0 Å². The van der Waals surface area contributed by atoms with Crippen molar-refractivity contribution in [3.8, 4) is 11.5 Å². The van der Waals surface area contributed by atoms with Gasteiger partial charge in [-0.1, -0.05) is 13.3 Å². The van der Waals surface area contributed by atoms with E-state index in [1.54, 1.807) is 14.2 Å². The molecule has 0 saturated heterocycles. The quantitative estimate of drug-likeness (QED) is 0.833. The molecule has 1 saturated carbocycles. The van der Waals surface area contributed by atoms with Crippen LogP contribution in [-0.2, 0) is 11.2 Å². The summed E-state index contributed by atoms with van der Waals surface area (Å²) < 4.78 is 10.5. The van der Waals surface area contributed by atoms with E-state index in [0.717, 1.165) is 35.8 Å². The molecule has 0 unspecified atom stereocenters. The number of benzene rings is 1. The lowest BCUT2D eigenvalue weighted by Crippen LogP contribution is -2.37. The summed E-state index contributed by atoms with van der Waals surface area (Å²) in [5.41, 5.74) is 1.06. The Labute approximate surface area is 139 Å². The van der Waals surface area contributed by atoms with Gasteiger partial charge in [0.1, 0.15) is 11.5 Å². The monoisotopic (exact) mass is 319 g/mol. The van der Waals surface area contributed by atoms with Gasteiger partial charge in [-0.3, -0.25) is 4.79 Å². The third kappa shape index (κ3) is 5.45. The maximum absolute atomic E-state index is 12.2. The molecule has 2 rings (SSSR count). The van der Waals surface area contributed by atoms with E-state index in [0.29, 0.717) is 18.9 Å². The highest BCUT2D eigenvalue weighted by atomic mass is 16.5. The maximum Gasteiger partial charge on any atom is 0.220 e. The van der Waals surface area contributed by atoms with Crippen molar-refractivity contribution in [1.29, 1.82) is 0 Å². The van der Waals surface area contributed by atoms with Crippen molar-refractivity contribution in [3.05, 3.63) is 23.8 Å². The van der Waals surface area contributed by atoms with Crippen molar-refractivity contribution in [2.24, 2.45) is 5.92 Å². The van der Waals surface area contributed by atoms with E-state index in [2.05, 4.69) is 12.2 Å².